The van der Waals surface area contributed by atoms with Crippen LogP contribution in [-0.4, -0.2) is 49.1 Å². The maximum atomic E-state index is 12.8. The number of nitrogens with one attached hydrogen (secondary N) is 1. The molecule has 1 N–H and O–H groups in total. The summed E-state index contributed by atoms with van der Waals surface area (Å²) in [4.78, 5) is 12.8. The number of para-hydroxylation sites is 1. The molecule has 0 radical (unpaired) electrons. The van der Waals surface area contributed by atoms with Crippen molar-refractivity contribution in [3.05, 3.63) is 71.9 Å². The Hall–Kier alpha value is -2.64. The number of hydrogen-bond donors (Lipinski definition) is 1. The van der Waals surface area contributed by atoms with Crippen molar-refractivity contribution in [1.82, 2.24) is 14.2 Å². The van der Waals surface area contributed by atoms with Gasteiger partial charge in [-0.05, 0) is 25.0 Å². The zero-order valence-corrected chi connectivity index (χ0v) is 17.7. The second kappa shape index (κ2) is 9.24. The lowest BCUT2D eigenvalue weighted by atomic mass is 10.1. The van der Waals surface area contributed by atoms with Crippen molar-refractivity contribution < 1.29 is 13.2 Å². The maximum Gasteiger partial charge on any atom is 0.253 e. The highest BCUT2D eigenvalue weighted by molar-refractivity contribution is 7.89. The molecule has 6 nitrogen and oxygen atoms in total. The first-order valence-corrected chi connectivity index (χ1v) is 11.4. The van der Waals surface area contributed by atoms with Gasteiger partial charge in [0, 0.05) is 43.8 Å². The van der Waals surface area contributed by atoms with E-state index in [2.05, 4.69) is 22.0 Å². The molecule has 0 bridgehead atoms. The predicted octanol–water partition coefficient (Wildman–Crippen LogP) is 3.09. The number of fused-ring (bicyclic) bond motifs is 1. The maximum absolute atomic E-state index is 12.8. The van der Waals surface area contributed by atoms with Crippen molar-refractivity contribution in [1.29, 1.82) is 0 Å². The Morgan fingerprint density at radius 1 is 1.07 bits per heavy atom. The number of sulfonamides is 1. The molecule has 0 fully saturated rings. The number of carbonyl (C=O) groups excluding carboxylic acids is 1. The van der Waals surface area contributed by atoms with Gasteiger partial charge in [0.05, 0.1) is 11.3 Å². The Morgan fingerprint density at radius 3 is 2.48 bits per heavy atom. The molecule has 154 valence electrons. The zero-order chi connectivity index (χ0) is 20.9. The number of amides is 1. The highest BCUT2D eigenvalue weighted by atomic mass is 32.2. The van der Waals surface area contributed by atoms with E-state index in [1.807, 2.05) is 48.7 Å². The van der Waals surface area contributed by atoms with Crippen LogP contribution in [0.3, 0.4) is 0 Å². The van der Waals surface area contributed by atoms with E-state index in [1.165, 1.54) is 9.87 Å². The van der Waals surface area contributed by atoms with Gasteiger partial charge in [0.15, 0.2) is 0 Å². The van der Waals surface area contributed by atoms with Crippen molar-refractivity contribution in [2.75, 3.05) is 25.9 Å². The fraction of sp³-hybridized carbons (Fsp3) is 0.318. The van der Waals surface area contributed by atoms with Gasteiger partial charge in [-0.2, -0.15) is 0 Å². The third-order valence-electron chi connectivity index (χ3n) is 5.00. The number of benzene rings is 2. The van der Waals surface area contributed by atoms with Crippen LogP contribution in [0.25, 0.3) is 10.9 Å². The average Bonchev–Trinajstić information content (AvgIpc) is 3.10. The molecule has 1 aromatic heterocycles. The van der Waals surface area contributed by atoms with Gasteiger partial charge in [-0.15, -0.1) is 0 Å². The molecule has 0 spiro atoms. The predicted molar refractivity (Wildman–Crippen MR) is 117 cm³/mol. The molecule has 0 unspecified atom stereocenters. The zero-order valence-electron chi connectivity index (χ0n) is 16.8. The quantitative estimate of drug-likeness (QED) is 0.548. The van der Waals surface area contributed by atoms with E-state index in [4.69, 9.17) is 0 Å². The van der Waals surface area contributed by atoms with Crippen molar-refractivity contribution in [3.63, 3.8) is 0 Å². The summed E-state index contributed by atoms with van der Waals surface area (Å²) in [6, 6.07) is 18.0. The summed E-state index contributed by atoms with van der Waals surface area (Å²) in [7, 11) is -1.62. The van der Waals surface area contributed by atoms with Gasteiger partial charge in [-0.1, -0.05) is 48.5 Å². The van der Waals surface area contributed by atoms with E-state index in [0.29, 0.717) is 31.6 Å². The van der Waals surface area contributed by atoms with Crippen molar-refractivity contribution >= 4 is 26.8 Å². The van der Waals surface area contributed by atoms with E-state index >= 15 is 0 Å². The standard InChI is InChI=1S/C22H27N3O3S/c1-3-29(27,28)24(2)15-9-14-23-22(26)20-17-25(16-18-10-5-4-6-11-18)21-13-8-7-12-19(20)21/h4-8,10-13,17H,3,9,14-16H2,1-2H3,(H,23,26). The van der Waals surface area contributed by atoms with Crippen LogP contribution in [0.4, 0.5) is 0 Å². The molecule has 7 heteroatoms. The topological polar surface area (TPSA) is 71.4 Å². The minimum atomic E-state index is -3.19. The Bertz CT molecular complexity index is 1080. The highest BCUT2D eigenvalue weighted by Crippen LogP contribution is 2.22. The first kappa shape index (κ1) is 21.1. The minimum Gasteiger partial charge on any atom is -0.352 e. The average molecular weight is 414 g/mol. The lowest BCUT2D eigenvalue weighted by Crippen LogP contribution is -2.32. The van der Waals surface area contributed by atoms with Crippen LogP contribution in [0.5, 0.6) is 0 Å². The summed E-state index contributed by atoms with van der Waals surface area (Å²) < 4.78 is 27.0. The molecule has 0 aliphatic carbocycles. The Balaban J connectivity index is 1.68. The molecule has 0 saturated heterocycles. The number of hydrogen-bond acceptors (Lipinski definition) is 3. The fourth-order valence-electron chi connectivity index (χ4n) is 3.30. The minimum absolute atomic E-state index is 0.0801. The molecule has 1 heterocycles. The lowest BCUT2D eigenvalue weighted by molar-refractivity contribution is 0.0954. The molecular weight excluding hydrogens is 386 g/mol. The van der Waals surface area contributed by atoms with Crippen LogP contribution in [0.1, 0.15) is 29.3 Å². The first-order valence-electron chi connectivity index (χ1n) is 9.76. The van der Waals surface area contributed by atoms with Crippen LogP contribution in [-0.2, 0) is 16.6 Å². The number of carbonyl (C=O) groups is 1. The third kappa shape index (κ3) is 5.05. The number of rotatable bonds is 9. The van der Waals surface area contributed by atoms with Crippen molar-refractivity contribution in [2.24, 2.45) is 0 Å². The van der Waals surface area contributed by atoms with Gasteiger partial charge in [0.25, 0.3) is 5.91 Å². The second-order valence-corrected chi connectivity index (χ2v) is 9.37. The van der Waals surface area contributed by atoms with E-state index in [9.17, 15) is 13.2 Å². The summed E-state index contributed by atoms with van der Waals surface area (Å²) in [5, 5.41) is 3.83. The number of nitrogens with zero attached hydrogens (tertiary/aromatic N) is 2. The molecule has 0 atom stereocenters. The molecule has 3 aromatic rings. The van der Waals surface area contributed by atoms with Crippen LogP contribution in [0, 0.1) is 0 Å². The highest BCUT2D eigenvalue weighted by Gasteiger charge is 2.16. The summed E-state index contributed by atoms with van der Waals surface area (Å²) in [5.74, 6) is -0.0643. The van der Waals surface area contributed by atoms with E-state index in [1.54, 1.807) is 14.0 Å². The second-order valence-electron chi connectivity index (χ2n) is 7.00. The Morgan fingerprint density at radius 2 is 1.76 bits per heavy atom. The van der Waals surface area contributed by atoms with Gasteiger partial charge >= 0.3 is 0 Å². The van der Waals surface area contributed by atoms with Gasteiger partial charge in [0.2, 0.25) is 10.0 Å². The van der Waals surface area contributed by atoms with Gasteiger partial charge in [0.1, 0.15) is 0 Å². The van der Waals surface area contributed by atoms with Crippen LogP contribution >= 0.6 is 0 Å². The van der Waals surface area contributed by atoms with Gasteiger partial charge in [-0.3, -0.25) is 4.79 Å². The molecule has 0 aliphatic heterocycles. The van der Waals surface area contributed by atoms with Crippen LogP contribution in [0.15, 0.2) is 60.8 Å². The molecular formula is C22H27N3O3S. The van der Waals surface area contributed by atoms with E-state index in [0.717, 1.165) is 10.9 Å². The Labute approximate surface area is 172 Å². The van der Waals surface area contributed by atoms with Gasteiger partial charge in [-0.25, -0.2) is 12.7 Å². The number of aromatic nitrogens is 1. The van der Waals surface area contributed by atoms with E-state index in [-0.39, 0.29) is 11.7 Å². The molecule has 0 aliphatic rings. The van der Waals surface area contributed by atoms with E-state index < -0.39 is 10.0 Å². The van der Waals surface area contributed by atoms with Gasteiger partial charge < -0.3 is 9.88 Å². The van der Waals surface area contributed by atoms with Crippen molar-refractivity contribution in [3.8, 4) is 0 Å². The first-order chi connectivity index (χ1) is 13.9. The summed E-state index contributed by atoms with van der Waals surface area (Å²) in [6.07, 6.45) is 2.45. The summed E-state index contributed by atoms with van der Waals surface area (Å²) in [5.41, 5.74) is 2.81. The fourth-order valence-corrected chi connectivity index (χ4v) is 4.15. The molecule has 3 rings (SSSR count). The Kier molecular flexibility index (Phi) is 6.71. The SMILES string of the molecule is CCS(=O)(=O)N(C)CCCNC(=O)c1cn(Cc2ccccc2)c2ccccc12. The lowest BCUT2D eigenvalue weighted by Gasteiger charge is -2.15. The van der Waals surface area contributed by atoms with Crippen molar-refractivity contribution in [2.45, 2.75) is 19.9 Å². The normalized spacial score (nSPS) is 11.8. The smallest absolute Gasteiger partial charge is 0.253 e. The largest absolute Gasteiger partial charge is 0.352 e. The summed E-state index contributed by atoms with van der Waals surface area (Å²) in [6.45, 7) is 3.11. The molecule has 2 aromatic carbocycles. The van der Waals surface area contributed by atoms with Crippen LogP contribution < -0.4 is 5.32 Å². The molecule has 1 amide bonds. The third-order valence-corrected chi connectivity index (χ3v) is 6.87. The molecule has 0 saturated carbocycles. The summed E-state index contributed by atoms with van der Waals surface area (Å²) >= 11 is 0. The van der Waals surface area contributed by atoms with Crippen LogP contribution in [0.2, 0.25) is 0 Å². The molecule has 29 heavy (non-hydrogen) atoms. The monoisotopic (exact) mass is 413 g/mol.